The maximum atomic E-state index is 6.41. The lowest BCUT2D eigenvalue weighted by Crippen LogP contribution is -2.10. The second-order valence-electron chi connectivity index (χ2n) is 4.80. The Hall–Kier alpha value is -0.640. The summed E-state index contributed by atoms with van der Waals surface area (Å²) in [5.74, 6) is 0. The summed E-state index contributed by atoms with van der Waals surface area (Å²) in [6, 6.07) is 4.66. The van der Waals surface area contributed by atoms with Crippen molar-refractivity contribution in [2.75, 3.05) is 0 Å². The Labute approximate surface area is 110 Å². The lowest BCUT2D eigenvalue weighted by atomic mass is 10.1. The van der Waals surface area contributed by atoms with E-state index in [1.54, 1.807) is 10.4 Å². The minimum Gasteiger partial charge on any atom is -0.320 e. The minimum absolute atomic E-state index is 0.0792. The van der Waals surface area contributed by atoms with E-state index in [9.17, 15) is 0 Å². The molecule has 17 heavy (non-hydrogen) atoms. The molecule has 0 aromatic carbocycles. The summed E-state index contributed by atoms with van der Waals surface area (Å²) in [6.07, 6.45) is 3.84. The summed E-state index contributed by atoms with van der Waals surface area (Å²) in [7, 11) is 0. The molecular weight excluding hydrogens is 246 g/mol. The number of rotatable bonds is 2. The van der Waals surface area contributed by atoms with E-state index in [1.807, 2.05) is 22.7 Å². The van der Waals surface area contributed by atoms with Crippen molar-refractivity contribution in [1.29, 1.82) is 0 Å². The maximum Gasteiger partial charge on any atom is 0.0657 e. The lowest BCUT2D eigenvalue weighted by molar-refractivity contribution is 0.879. The Morgan fingerprint density at radius 2 is 2.00 bits per heavy atom. The second kappa shape index (κ2) is 4.23. The Kier molecular flexibility index (Phi) is 2.85. The molecule has 2 N–H and O–H groups in total. The Balaban J connectivity index is 1.95. The van der Waals surface area contributed by atoms with Gasteiger partial charge < -0.3 is 5.73 Å². The SMILES string of the molecule is Cc1cc(C(N)c2cc3c(s2)CCC3)c(C)s1. The van der Waals surface area contributed by atoms with E-state index in [4.69, 9.17) is 5.73 Å². The third kappa shape index (κ3) is 1.96. The highest BCUT2D eigenvalue weighted by molar-refractivity contribution is 7.12. The minimum atomic E-state index is 0.0792. The quantitative estimate of drug-likeness (QED) is 0.872. The highest BCUT2D eigenvalue weighted by atomic mass is 32.1. The molecule has 3 heteroatoms. The molecule has 1 aliphatic carbocycles. The van der Waals surface area contributed by atoms with Gasteiger partial charge in [0.2, 0.25) is 0 Å². The molecule has 0 bridgehead atoms. The summed E-state index contributed by atoms with van der Waals surface area (Å²) in [6.45, 7) is 4.33. The molecule has 0 aliphatic heterocycles. The first kappa shape index (κ1) is 11.5. The molecule has 0 amide bonds. The third-order valence-corrected chi connectivity index (χ3v) is 5.79. The molecule has 2 heterocycles. The maximum absolute atomic E-state index is 6.41. The molecular formula is C14H17NS2. The van der Waals surface area contributed by atoms with Crippen LogP contribution in [-0.2, 0) is 12.8 Å². The average molecular weight is 263 g/mol. The van der Waals surface area contributed by atoms with Crippen LogP contribution in [0.15, 0.2) is 12.1 Å². The van der Waals surface area contributed by atoms with Crippen LogP contribution in [-0.4, -0.2) is 0 Å². The molecule has 2 aromatic heterocycles. The van der Waals surface area contributed by atoms with Crippen LogP contribution in [0.3, 0.4) is 0 Å². The smallest absolute Gasteiger partial charge is 0.0657 e. The van der Waals surface area contributed by atoms with Gasteiger partial charge in [-0.05, 0) is 56.4 Å². The first-order chi connectivity index (χ1) is 8.15. The van der Waals surface area contributed by atoms with Gasteiger partial charge in [-0.15, -0.1) is 22.7 Å². The van der Waals surface area contributed by atoms with Gasteiger partial charge in [0.1, 0.15) is 0 Å². The zero-order valence-corrected chi connectivity index (χ0v) is 11.9. The lowest BCUT2D eigenvalue weighted by Gasteiger charge is -2.09. The number of hydrogen-bond donors (Lipinski definition) is 1. The van der Waals surface area contributed by atoms with Gasteiger partial charge in [0, 0.05) is 19.5 Å². The Bertz CT molecular complexity index is 529. The van der Waals surface area contributed by atoms with Crippen molar-refractivity contribution in [1.82, 2.24) is 0 Å². The molecule has 1 aliphatic rings. The molecule has 3 rings (SSSR count). The van der Waals surface area contributed by atoms with Crippen molar-refractivity contribution in [3.63, 3.8) is 0 Å². The first-order valence-corrected chi connectivity index (χ1v) is 7.72. The average Bonchev–Trinajstić information content (AvgIpc) is 2.90. The van der Waals surface area contributed by atoms with Crippen LogP contribution in [0.5, 0.6) is 0 Å². The summed E-state index contributed by atoms with van der Waals surface area (Å²) in [5, 5.41) is 0. The van der Waals surface area contributed by atoms with Crippen molar-refractivity contribution in [2.24, 2.45) is 5.73 Å². The summed E-state index contributed by atoms with van der Waals surface area (Å²) in [5.41, 5.74) is 9.27. The van der Waals surface area contributed by atoms with Crippen molar-refractivity contribution in [3.8, 4) is 0 Å². The number of aryl methyl sites for hydroxylation is 4. The predicted molar refractivity (Wildman–Crippen MR) is 76.2 cm³/mol. The number of hydrogen-bond acceptors (Lipinski definition) is 3. The standard InChI is InChI=1S/C14H17NS2/c1-8-6-11(9(2)16-8)14(15)13-7-10-4-3-5-12(10)17-13/h6-7,14H,3-5,15H2,1-2H3. The van der Waals surface area contributed by atoms with Gasteiger partial charge in [-0.3, -0.25) is 0 Å². The van der Waals surface area contributed by atoms with Crippen LogP contribution < -0.4 is 5.73 Å². The summed E-state index contributed by atoms with van der Waals surface area (Å²) < 4.78 is 0. The molecule has 0 saturated carbocycles. The fourth-order valence-corrected chi connectivity index (χ4v) is 4.87. The van der Waals surface area contributed by atoms with E-state index in [-0.39, 0.29) is 6.04 Å². The van der Waals surface area contributed by atoms with Crippen LogP contribution in [0.1, 0.15) is 43.1 Å². The van der Waals surface area contributed by atoms with Gasteiger partial charge in [-0.25, -0.2) is 0 Å². The fraction of sp³-hybridized carbons (Fsp3) is 0.429. The zero-order valence-electron chi connectivity index (χ0n) is 10.2. The van der Waals surface area contributed by atoms with E-state index in [2.05, 4.69) is 26.0 Å². The normalized spacial score (nSPS) is 16.2. The van der Waals surface area contributed by atoms with Crippen LogP contribution in [0.4, 0.5) is 0 Å². The topological polar surface area (TPSA) is 26.0 Å². The molecule has 1 unspecified atom stereocenters. The first-order valence-electron chi connectivity index (χ1n) is 6.09. The van der Waals surface area contributed by atoms with E-state index in [1.165, 1.54) is 39.5 Å². The molecule has 1 nitrogen and oxygen atoms in total. The van der Waals surface area contributed by atoms with E-state index in [0.717, 1.165) is 0 Å². The van der Waals surface area contributed by atoms with Crippen molar-refractivity contribution in [3.05, 3.63) is 42.8 Å². The largest absolute Gasteiger partial charge is 0.320 e. The van der Waals surface area contributed by atoms with Crippen LogP contribution in [0, 0.1) is 13.8 Å². The highest BCUT2D eigenvalue weighted by Crippen LogP contribution is 2.37. The van der Waals surface area contributed by atoms with Gasteiger partial charge in [0.25, 0.3) is 0 Å². The summed E-state index contributed by atoms with van der Waals surface area (Å²) >= 11 is 3.77. The van der Waals surface area contributed by atoms with Crippen LogP contribution in [0.25, 0.3) is 0 Å². The molecule has 1 atom stereocenters. The molecule has 90 valence electrons. The van der Waals surface area contributed by atoms with Gasteiger partial charge in [-0.2, -0.15) is 0 Å². The molecule has 0 radical (unpaired) electrons. The van der Waals surface area contributed by atoms with E-state index < -0.39 is 0 Å². The summed E-state index contributed by atoms with van der Waals surface area (Å²) in [4.78, 5) is 5.64. The number of nitrogens with two attached hydrogens (primary N) is 1. The van der Waals surface area contributed by atoms with Gasteiger partial charge in [0.05, 0.1) is 6.04 Å². The van der Waals surface area contributed by atoms with Crippen LogP contribution >= 0.6 is 22.7 Å². The van der Waals surface area contributed by atoms with Crippen molar-refractivity contribution >= 4 is 22.7 Å². The molecule has 0 fully saturated rings. The predicted octanol–water partition coefficient (Wildman–Crippen LogP) is 3.96. The molecule has 2 aromatic rings. The Morgan fingerprint density at radius 1 is 1.18 bits per heavy atom. The third-order valence-electron chi connectivity index (χ3n) is 3.49. The van der Waals surface area contributed by atoms with Gasteiger partial charge in [0.15, 0.2) is 0 Å². The van der Waals surface area contributed by atoms with Crippen molar-refractivity contribution < 1.29 is 0 Å². The second-order valence-corrected chi connectivity index (χ2v) is 7.43. The van der Waals surface area contributed by atoms with E-state index in [0.29, 0.717) is 0 Å². The zero-order chi connectivity index (χ0) is 12.0. The highest BCUT2D eigenvalue weighted by Gasteiger charge is 2.20. The number of fused-ring (bicyclic) bond motifs is 1. The Morgan fingerprint density at radius 3 is 2.65 bits per heavy atom. The molecule has 0 spiro atoms. The van der Waals surface area contributed by atoms with Crippen molar-refractivity contribution in [2.45, 2.75) is 39.2 Å². The molecule has 0 saturated heterocycles. The van der Waals surface area contributed by atoms with Gasteiger partial charge in [-0.1, -0.05) is 0 Å². The monoisotopic (exact) mass is 263 g/mol. The number of thiophene rings is 2. The fourth-order valence-electron chi connectivity index (χ4n) is 2.62. The van der Waals surface area contributed by atoms with Gasteiger partial charge >= 0.3 is 0 Å². The van der Waals surface area contributed by atoms with E-state index >= 15 is 0 Å². The van der Waals surface area contributed by atoms with Crippen LogP contribution in [0.2, 0.25) is 0 Å².